The lowest BCUT2D eigenvalue weighted by Gasteiger charge is -2.19. The van der Waals surface area contributed by atoms with E-state index >= 15 is 0 Å². The number of pyridine rings is 1. The summed E-state index contributed by atoms with van der Waals surface area (Å²) in [5.41, 5.74) is 8.49. The van der Waals surface area contributed by atoms with Gasteiger partial charge in [0.1, 0.15) is 12.4 Å². The van der Waals surface area contributed by atoms with Crippen LogP contribution in [0.3, 0.4) is 0 Å². The van der Waals surface area contributed by atoms with Gasteiger partial charge in [0.15, 0.2) is 0 Å². The molecule has 0 fully saturated rings. The van der Waals surface area contributed by atoms with Gasteiger partial charge in [-0.05, 0) is 48.9 Å². The van der Waals surface area contributed by atoms with Gasteiger partial charge in [-0.25, -0.2) is 4.79 Å². The molecule has 0 atom stereocenters. The number of carbonyl (C=O) groups is 2. The van der Waals surface area contributed by atoms with Crippen LogP contribution in [0.4, 0.5) is 10.5 Å². The van der Waals surface area contributed by atoms with Crippen molar-refractivity contribution in [3.63, 3.8) is 0 Å². The maximum atomic E-state index is 12.7. The number of nitrogens with one attached hydrogen (secondary N) is 2. The minimum atomic E-state index is -0.550. The van der Waals surface area contributed by atoms with Gasteiger partial charge in [-0.2, -0.15) is 5.10 Å². The van der Waals surface area contributed by atoms with E-state index in [1.54, 1.807) is 65.9 Å². The SMILES string of the molecule is CC.CCN(/N=C(\CN)NC(=O)c1ccc(CNC(=O)OCc2cccnc2)cc1)c1cc(Cl)cc(Cl)c1. The summed E-state index contributed by atoms with van der Waals surface area (Å²) in [6.07, 6.45) is 2.73. The number of ether oxygens (including phenoxy) is 1. The predicted octanol–water partition coefficient (Wildman–Crippen LogP) is 5.37. The summed E-state index contributed by atoms with van der Waals surface area (Å²) in [5.74, 6) is -0.0881. The first kappa shape index (κ1) is 30.6. The number of nitrogens with zero attached hydrogens (tertiary/aromatic N) is 3. The van der Waals surface area contributed by atoms with Gasteiger partial charge in [-0.1, -0.05) is 55.2 Å². The summed E-state index contributed by atoms with van der Waals surface area (Å²) in [7, 11) is 0. The number of alkyl carbamates (subject to hydrolysis) is 1. The highest BCUT2D eigenvalue weighted by Crippen LogP contribution is 2.25. The largest absolute Gasteiger partial charge is 0.445 e. The van der Waals surface area contributed by atoms with Gasteiger partial charge in [0, 0.05) is 46.7 Å². The molecule has 2 amide bonds. The molecule has 11 heteroatoms. The molecule has 3 aromatic rings. The van der Waals surface area contributed by atoms with Crippen LogP contribution in [-0.4, -0.2) is 35.9 Å². The molecule has 0 aliphatic carbocycles. The molecule has 1 aromatic heterocycles. The van der Waals surface area contributed by atoms with Crippen LogP contribution in [0.5, 0.6) is 0 Å². The fourth-order valence-electron chi connectivity index (χ4n) is 3.10. The lowest BCUT2D eigenvalue weighted by molar-refractivity contribution is 0.0976. The van der Waals surface area contributed by atoms with E-state index in [-0.39, 0.29) is 31.4 Å². The van der Waals surface area contributed by atoms with Crippen LogP contribution < -0.4 is 21.4 Å². The molecule has 0 radical (unpaired) electrons. The molecule has 1 heterocycles. The number of hydrogen-bond acceptors (Lipinski definition) is 7. The second-order valence-electron chi connectivity index (χ2n) is 7.54. The second-order valence-corrected chi connectivity index (χ2v) is 8.41. The number of benzene rings is 2. The number of aromatic nitrogens is 1. The Morgan fingerprint density at radius 1 is 1.05 bits per heavy atom. The van der Waals surface area contributed by atoms with Crippen LogP contribution in [0.1, 0.15) is 42.3 Å². The summed E-state index contributed by atoms with van der Waals surface area (Å²) in [5, 5.41) is 12.4. The Kier molecular flexibility index (Phi) is 13.1. The summed E-state index contributed by atoms with van der Waals surface area (Å²) >= 11 is 12.2. The van der Waals surface area contributed by atoms with Crippen molar-refractivity contribution in [2.75, 3.05) is 18.1 Å². The van der Waals surface area contributed by atoms with Gasteiger partial charge in [0.2, 0.25) is 0 Å². The molecule has 0 spiro atoms. The number of rotatable bonds is 9. The highest BCUT2D eigenvalue weighted by molar-refractivity contribution is 6.35. The molecule has 202 valence electrons. The Labute approximate surface area is 233 Å². The monoisotopic (exact) mass is 558 g/mol. The van der Waals surface area contributed by atoms with Gasteiger partial charge in [-0.15, -0.1) is 0 Å². The maximum absolute atomic E-state index is 12.7. The lowest BCUT2D eigenvalue weighted by Crippen LogP contribution is -2.38. The Balaban J connectivity index is 0.00000247. The van der Waals surface area contributed by atoms with E-state index in [2.05, 4.69) is 20.7 Å². The topological polar surface area (TPSA) is 122 Å². The molecule has 0 bridgehead atoms. The minimum absolute atomic E-state index is 0.0136. The highest BCUT2D eigenvalue weighted by Gasteiger charge is 2.12. The van der Waals surface area contributed by atoms with Crippen molar-refractivity contribution in [3.8, 4) is 0 Å². The summed E-state index contributed by atoms with van der Waals surface area (Å²) in [6.45, 7) is 6.79. The number of anilines is 1. The van der Waals surface area contributed by atoms with Gasteiger partial charge in [0.25, 0.3) is 5.91 Å². The third-order valence-electron chi connectivity index (χ3n) is 4.88. The van der Waals surface area contributed by atoms with Crippen LogP contribution in [0.2, 0.25) is 10.0 Å². The molecule has 0 aliphatic heterocycles. The number of amidine groups is 1. The third-order valence-corrected chi connectivity index (χ3v) is 5.32. The first-order valence-corrected chi connectivity index (χ1v) is 12.8. The molecule has 9 nitrogen and oxygen atoms in total. The summed E-state index contributed by atoms with van der Waals surface area (Å²) in [4.78, 5) is 28.6. The van der Waals surface area contributed by atoms with Crippen LogP contribution in [-0.2, 0) is 17.9 Å². The van der Waals surface area contributed by atoms with Crippen molar-refractivity contribution < 1.29 is 14.3 Å². The van der Waals surface area contributed by atoms with Crippen molar-refractivity contribution in [1.29, 1.82) is 0 Å². The van der Waals surface area contributed by atoms with E-state index in [4.69, 9.17) is 33.7 Å². The van der Waals surface area contributed by atoms with Crippen molar-refractivity contribution in [3.05, 3.63) is 93.7 Å². The van der Waals surface area contributed by atoms with E-state index in [0.29, 0.717) is 27.8 Å². The van der Waals surface area contributed by atoms with E-state index in [0.717, 1.165) is 11.1 Å². The first-order valence-electron chi connectivity index (χ1n) is 12.1. The van der Waals surface area contributed by atoms with E-state index in [1.807, 2.05) is 26.8 Å². The quantitative estimate of drug-likeness (QED) is 0.184. The van der Waals surface area contributed by atoms with Crippen molar-refractivity contribution in [2.45, 2.75) is 33.9 Å². The summed E-state index contributed by atoms with van der Waals surface area (Å²) < 4.78 is 5.16. The van der Waals surface area contributed by atoms with E-state index in [9.17, 15) is 9.59 Å². The third kappa shape index (κ3) is 10.0. The number of amides is 2. The molecular formula is C27H32Cl2N6O3. The maximum Gasteiger partial charge on any atom is 0.407 e. The molecule has 3 rings (SSSR count). The zero-order valence-corrected chi connectivity index (χ0v) is 23.1. The van der Waals surface area contributed by atoms with Crippen LogP contribution >= 0.6 is 23.2 Å². The fourth-order valence-corrected chi connectivity index (χ4v) is 3.61. The molecule has 0 aliphatic rings. The predicted molar refractivity (Wildman–Crippen MR) is 152 cm³/mol. The summed E-state index contributed by atoms with van der Waals surface area (Å²) in [6, 6.07) is 15.4. The van der Waals surface area contributed by atoms with E-state index in [1.165, 1.54) is 0 Å². The fraction of sp³-hybridized carbons (Fsp3) is 0.259. The van der Waals surface area contributed by atoms with Crippen molar-refractivity contribution in [1.82, 2.24) is 15.6 Å². The first-order chi connectivity index (χ1) is 18.4. The molecule has 38 heavy (non-hydrogen) atoms. The van der Waals surface area contributed by atoms with Gasteiger partial charge in [0.05, 0.1) is 12.2 Å². The number of hydrogen-bond donors (Lipinski definition) is 3. The Morgan fingerprint density at radius 2 is 1.74 bits per heavy atom. The minimum Gasteiger partial charge on any atom is -0.445 e. The number of halogens is 2. The highest BCUT2D eigenvalue weighted by atomic mass is 35.5. The van der Waals surface area contributed by atoms with Gasteiger partial charge >= 0.3 is 6.09 Å². The van der Waals surface area contributed by atoms with E-state index < -0.39 is 6.09 Å². The average molecular weight is 559 g/mol. The second kappa shape index (κ2) is 16.2. The lowest BCUT2D eigenvalue weighted by atomic mass is 10.1. The molecule has 0 saturated carbocycles. The molecular weight excluding hydrogens is 527 g/mol. The van der Waals surface area contributed by atoms with Crippen LogP contribution in [0.15, 0.2) is 72.1 Å². The smallest absolute Gasteiger partial charge is 0.407 e. The number of nitrogens with two attached hydrogens (primary N) is 1. The van der Waals surface area contributed by atoms with Crippen molar-refractivity contribution >= 4 is 46.7 Å². The molecule has 2 aromatic carbocycles. The standard InChI is InChI=1S/C25H26Cl2N6O3.C2H6/c1-2-33(22-11-20(26)10-21(27)12-22)32-23(13-28)31-24(34)19-7-5-17(6-8-19)15-30-25(35)36-16-18-4-3-9-29-14-18;1-2/h3-12,14H,2,13,15-16,28H2,1H3,(H,30,35)(H,31,32,34);1-2H3. The molecule has 4 N–H and O–H groups in total. The van der Waals surface area contributed by atoms with Crippen molar-refractivity contribution in [2.24, 2.45) is 10.8 Å². The van der Waals surface area contributed by atoms with Gasteiger partial charge < -0.3 is 21.1 Å². The number of hydrazone groups is 1. The molecule has 0 unspecified atom stereocenters. The Bertz CT molecular complexity index is 1190. The van der Waals surface area contributed by atoms with Gasteiger partial charge in [-0.3, -0.25) is 14.8 Å². The molecule has 0 saturated heterocycles. The normalized spacial score (nSPS) is 10.6. The zero-order chi connectivity index (χ0) is 27.9. The zero-order valence-electron chi connectivity index (χ0n) is 21.6. The van der Waals surface area contributed by atoms with Crippen LogP contribution in [0, 0.1) is 0 Å². The average Bonchev–Trinajstić information content (AvgIpc) is 2.94. The Morgan fingerprint density at radius 3 is 2.32 bits per heavy atom. The Hall–Kier alpha value is -3.66. The number of carbonyl (C=O) groups excluding carboxylic acids is 2. The van der Waals surface area contributed by atoms with Crippen LogP contribution in [0.25, 0.3) is 0 Å².